The molecular formula is C15H24NO2. The lowest BCUT2D eigenvalue weighted by molar-refractivity contribution is -0.0928. The number of hydrogen-bond acceptors (Lipinski definition) is 2. The summed E-state index contributed by atoms with van der Waals surface area (Å²) in [5.41, 5.74) is -0.374. The zero-order chi connectivity index (χ0) is 13.0. The van der Waals surface area contributed by atoms with Gasteiger partial charge in [0.25, 0.3) is 0 Å². The molecular weight excluding hydrogens is 226 g/mol. The van der Waals surface area contributed by atoms with Gasteiger partial charge in [0.2, 0.25) is 0 Å². The standard InChI is InChI=1S/C15H24NO2/c1-14(2,3)16-13(17)18-15-7-10-4-11(8-15)6-12(5-10)9-15/h10-11H,4-9H2,1-3H3,(H,16,17). The van der Waals surface area contributed by atoms with E-state index in [2.05, 4.69) is 5.32 Å². The van der Waals surface area contributed by atoms with E-state index < -0.39 is 0 Å². The van der Waals surface area contributed by atoms with Gasteiger partial charge in [-0.05, 0) is 77.0 Å². The van der Waals surface area contributed by atoms with Gasteiger partial charge in [0, 0.05) is 5.54 Å². The molecule has 0 aromatic heterocycles. The number of carbonyl (C=O) groups excluding carboxylic acids is 1. The lowest BCUT2D eigenvalue weighted by atomic mass is 9.54. The highest BCUT2D eigenvalue weighted by molar-refractivity contribution is 5.68. The SMILES string of the molecule is CC(C)(C)NC(=O)OC12C[C]3CC(CC(C3)C1)C2. The Bertz CT molecular complexity index is 321. The predicted molar refractivity (Wildman–Crippen MR) is 70.0 cm³/mol. The van der Waals surface area contributed by atoms with Crippen molar-refractivity contribution in [2.75, 3.05) is 0 Å². The van der Waals surface area contributed by atoms with Crippen molar-refractivity contribution in [1.82, 2.24) is 5.32 Å². The summed E-state index contributed by atoms with van der Waals surface area (Å²) < 4.78 is 5.86. The van der Waals surface area contributed by atoms with Gasteiger partial charge in [-0.1, -0.05) is 0 Å². The number of amides is 1. The molecule has 101 valence electrons. The smallest absolute Gasteiger partial charge is 0.408 e. The van der Waals surface area contributed by atoms with Gasteiger partial charge in [0.15, 0.2) is 0 Å². The molecule has 4 fully saturated rings. The Hall–Kier alpha value is -0.730. The first-order valence-corrected chi connectivity index (χ1v) is 7.18. The minimum absolute atomic E-state index is 0.158. The van der Waals surface area contributed by atoms with Crippen LogP contribution in [-0.2, 0) is 4.74 Å². The van der Waals surface area contributed by atoms with Gasteiger partial charge in [0.1, 0.15) is 5.60 Å². The topological polar surface area (TPSA) is 38.3 Å². The average Bonchev–Trinajstić information content (AvgIpc) is 2.09. The highest BCUT2D eigenvalue weighted by atomic mass is 16.6. The van der Waals surface area contributed by atoms with Crippen LogP contribution in [0.15, 0.2) is 0 Å². The Morgan fingerprint density at radius 2 is 1.89 bits per heavy atom. The molecule has 1 radical (unpaired) electrons. The van der Waals surface area contributed by atoms with Crippen molar-refractivity contribution < 1.29 is 9.53 Å². The van der Waals surface area contributed by atoms with Crippen molar-refractivity contribution >= 4 is 6.09 Å². The zero-order valence-corrected chi connectivity index (χ0v) is 11.7. The van der Waals surface area contributed by atoms with E-state index in [1.54, 1.807) is 5.92 Å². The van der Waals surface area contributed by atoms with E-state index in [-0.39, 0.29) is 17.2 Å². The number of hydrogen-bond donors (Lipinski definition) is 1. The van der Waals surface area contributed by atoms with Crippen LogP contribution in [0.3, 0.4) is 0 Å². The Labute approximate surface area is 110 Å². The van der Waals surface area contributed by atoms with Crippen LogP contribution in [-0.4, -0.2) is 17.2 Å². The second-order valence-electron chi connectivity index (χ2n) is 7.66. The first-order valence-electron chi connectivity index (χ1n) is 7.18. The highest BCUT2D eigenvalue weighted by Gasteiger charge is 2.53. The van der Waals surface area contributed by atoms with Crippen molar-refractivity contribution in [3.8, 4) is 0 Å². The third kappa shape index (κ3) is 2.36. The van der Waals surface area contributed by atoms with Gasteiger partial charge >= 0.3 is 6.09 Å². The number of rotatable bonds is 1. The maximum atomic E-state index is 12.0. The molecule has 0 saturated heterocycles. The number of nitrogens with one attached hydrogen (secondary N) is 1. The van der Waals surface area contributed by atoms with Crippen molar-refractivity contribution in [1.29, 1.82) is 0 Å². The lowest BCUT2D eigenvalue weighted by Gasteiger charge is -2.55. The number of ether oxygens (including phenoxy) is 1. The number of carbonyl (C=O) groups is 1. The van der Waals surface area contributed by atoms with E-state index in [9.17, 15) is 4.79 Å². The van der Waals surface area contributed by atoms with E-state index in [0.717, 1.165) is 31.1 Å². The molecule has 3 heteroatoms. The molecule has 1 N–H and O–H groups in total. The van der Waals surface area contributed by atoms with Crippen molar-refractivity contribution in [2.45, 2.75) is 70.4 Å². The number of alkyl carbamates (subject to hydrolysis) is 1. The summed E-state index contributed by atoms with van der Waals surface area (Å²) in [5, 5.41) is 2.92. The fourth-order valence-electron chi connectivity index (χ4n) is 4.38. The van der Waals surface area contributed by atoms with Crippen LogP contribution in [0.5, 0.6) is 0 Å². The molecule has 4 rings (SSSR count). The first kappa shape index (κ1) is 12.3. The van der Waals surface area contributed by atoms with Gasteiger partial charge in [-0.25, -0.2) is 4.79 Å². The van der Waals surface area contributed by atoms with Crippen molar-refractivity contribution in [2.24, 2.45) is 11.8 Å². The van der Waals surface area contributed by atoms with Crippen LogP contribution in [0.2, 0.25) is 0 Å². The van der Waals surface area contributed by atoms with Gasteiger partial charge in [0.05, 0.1) is 0 Å². The molecule has 4 aliphatic rings. The molecule has 0 spiro atoms. The molecule has 0 aliphatic heterocycles. The zero-order valence-electron chi connectivity index (χ0n) is 11.7. The van der Waals surface area contributed by atoms with Gasteiger partial charge in [-0.3, -0.25) is 0 Å². The van der Waals surface area contributed by atoms with Crippen molar-refractivity contribution in [3.63, 3.8) is 0 Å². The fourth-order valence-corrected chi connectivity index (χ4v) is 4.38. The Morgan fingerprint density at radius 3 is 2.39 bits per heavy atom. The fraction of sp³-hybridized carbons (Fsp3) is 0.867. The quantitative estimate of drug-likeness (QED) is 0.774. The van der Waals surface area contributed by atoms with Crippen LogP contribution in [0.25, 0.3) is 0 Å². The van der Waals surface area contributed by atoms with E-state index in [4.69, 9.17) is 4.74 Å². The van der Waals surface area contributed by atoms with E-state index in [1.165, 1.54) is 19.3 Å². The molecule has 4 saturated carbocycles. The summed E-state index contributed by atoms with van der Waals surface area (Å²) in [5.74, 6) is 3.21. The highest BCUT2D eigenvalue weighted by Crippen LogP contribution is 2.58. The maximum absolute atomic E-state index is 12.0. The molecule has 3 nitrogen and oxygen atoms in total. The predicted octanol–water partition coefficient (Wildman–Crippen LogP) is 3.44. The van der Waals surface area contributed by atoms with Crippen molar-refractivity contribution in [3.05, 3.63) is 5.92 Å². The van der Waals surface area contributed by atoms with Crippen LogP contribution >= 0.6 is 0 Å². The molecule has 2 atom stereocenters. The van der Waals surface area contributed by atoms with Crippen LogP contribution in [0.4, 0.5) is 4.79 Å². The molecule has 0 aromatic carbocycles. The van der Waals surface area contributed by atoms with Gasteiger partial charge < -0.3 is 10.1 Å². The maximum Gasteiger partial charge on any atom is 0.408 e. The third-order valence-electron chi connectivity index (χ3n) is 4.50. The average molecular weight is 250 g/mol. The summed E-state index contributed by atoms with van der Waals surface area (Å²) in [4.78, 5) is 12.0. The van der Waals surface area contributed by atoms with Crippen LogP contribution < -0.4 is 5.32 Å². The molecule has 2 unspecified atom stereocenters. The normalized spacial score (nSPS) is 38.8. The minimum atomic E-state index is -0.231. The largest absolute Gasteiger partial charge is 0.443 e. The lowest BCUT2D eigenvalue weighted by Crippen LogP contribution is -2.54. The first-order chi connectivity index (χ1) is 8.34. The monoisotopic (exact) mass is 250 g/mol. The molecule has 18 heavy (non-hydrogen) atoms. The van der Waals surface area contributed by atoms with E-state index in [1.807, 2.05) is 20.8 Å². The summed E-state index contributed by atoms with van der Waals surface area (Å²) in [6.45, 7) is 5.97. The van der Waals surface area contributed by atoms with Gasteiger partial charge in [-0.15, -0.1) is 0 Å². The summed E-state index contributed by atoms with van der Waals surface area (Å²) in [6.07, 6.45) is 6.91. The molecule has 4 bridgehead atoms. The second-order valence-corrected chi connectivity index (χ2v) is 7.66. The molecule has 4 aliphatic carbocycles. The summed E-state index contributed by atoms with van der Waals surface area (Å²) >= 11 is 0. The van der Waals surface area contributed by atoms with Crippen LogP contribution in [0.1, 0.15) is 59.3 Å². The van der Waals surface area contributed by atoms with E-state index >= 15 is 0 Å². The molecule has 1 amide bonds. The van der Waals surface area contributed by atoms with Crippen LogP contribution in [0, 0.1) is 17.8 Å². The Kier molecular flexibility index (Phi) is 2.65. The third-order valence-corrected chi connectivity index (χ3v) is 4.50. The Morgan fingerprint density at radius 1 is 1.28 bits per heavy atom. The molecule has 0 heterocycles. The van der Waals surface area contributed by atoms with Gasteiger partial charge in [-0.2, -0.15) is 0 Å². The van der Waals surface area contributed by atoms with E-state index in [0.29, 0.717) is 0 Å². The Balaban J connectivity index is 1.67. The second kappa shape index (κ2) is 3.88. The minimum Gasteiger partial charge on any atom is -0.443 e. The summed E-state index contributed by atoms with van der Waals surface area (Å²) in [7, 11) is 0. The molecule has 0 aromatic rings. The summed E-state index contributed by atoms with van der Waals surface area (Å²) in [6, 6.07) is 0.